The predicted molar refractivity (Wildman–Crippen MR) is 88.2 cm³/mol. The molecule has 1 aliphatic rings. The standard InChI is InChI=1S/C17H25NO2S/c19-16-9-4-8-15(12-16)17(20)18-10-5-11-21-13-14-6-2-1-3-7-14/h1-3,6-7,15-16,19H,4-5,8-13H2,(H,18,20)/t15-,16+/m0/s1. The van der Waals surface area contributed by atoms with E-state index in [9.17, 15) is 9.90 Å². The summed E-state index contributed by atoms with van der Waals surface area (Å²) in [6, 6.07) is 10.4. The molecule has 0 bridgehead atoms. The molecule has 0 spiro atoms. The van der Waals surface area contributed by atoms with Crippen LogP contribution in [-0.4, -0.2) is 29.4 Å². The lowest BCUT2D eigenvalue weighted by Crippen LogP contribution is -2.35. The van der Waals surface area contributed by atoms with Gasteiger partial charge in [-0.25, -0.2) is 0 Å². The van der Waals surface area contributed by atoms with Crippen LogP contribution in [0.5, 0.6) is 0 Å². The second-order valence-corrected chi connectivity index (χ2v) is 6.81. The summed E-state index contributed by atoms with van der Waals surface area (Å²) in [6.45, 7) is 0.743. The van der Waals surface area contributed by atoms with Crippen LogP contribution in [0.3, 0.4) is 0 Å². The first kappa shape index (κ1) is 16.4. The van der Waals surface area contributed by atoms with Crippen molar-refractivity contribution in [3.8, 4) is 0 Å². The van der Waals surface area contributed by atoms with Crippen LogP contribution in [0.25, 0.3) is 0 Å². The Morgan fingerprint density at radius 2 is 2.10 bits per heavy atom. The van der Waals surface area contributed by atoms with Crippen molar-refractivity contribution in [1.82, 2.24) is 5.32 Å². The van der Waals surface area contributed by atoms with Gasteiger partial charge in [-0.15, -0.1) is 0 Å². The molecule has 0 heterocycles. The van der Waals surface area contributed by atoms with E-state index in [1.807, 2.05) is 17.8 Å². The lowest BCUT2D eigenvalue weighted by molar-refractivity contribution is -0.127. The number of amides is 1. The molecule has 2 rings (SSSR count). The highest BCUT2D eigenvalue weighted by molar-refractivity contribution is 7.98. The number of aliphatic hydroxyl groups excluding tert-OH is 1. The summed E-state index contributed by atoms with van der Waals surface area (Å²) in [7, 11) is 0. The molecule has 0 aliphatic heterocycles. The third-order valence-corrected chi connectivity index (χ3v) is 5.01. The predicted octanol–water partition coefficient (Wildman–Crippen LogP) is 2.98. The van der Waals surface area contributed by atoms with E-state index >= 15 is 0 Å². The zero-order chi connectivity index (χ0) is 14.9. The van der Waals surface area contributed by atoms with Crippen molar-refractivity contribution in [3.05, 3.63) is 35.9 Å². The van der Waals surface area contributed by atoms with E-state index in [1.165, 1.54) is 5.56 Å². The molecular formula is C17H25NO2S. The van der Waals surface area contributed by atoms with Gasteiger partial charge in [0.25, 0.3) is 0 Å². The Balaban J connectivity index is 1.52. The largest absolute Gasteiger partial charge is 0.393 e. The molecule has 2 atom stereocenters. The third-order valence-electron chi connectivity index (χ3n) is 3.89. The van der Waals surface area contributed by atoms with E-state index in [2.05, 4.69) is 29.6 Å². The molecule has 2 N–H and O–H groups in total. The third kappa shape index (κ3) is 6.10. The number of carbonyl (C=O) groups excluding carboxylic acids is 1. The quantitative estimate of drug-likeness (QED) is 0.761. The SMILES string of the molecule is O=C(NCCCSCc1ccccc1)[C@H]1CCC[C@@H](O)C1. The maximum absolute atomic E-state index is 12.0. The Labute approximate surface area is 131 Å². The molecule has 1 amide bonds. The van der Waals surface area contributed by atoms with E-state index in [0.29, 0.717) is 6.42 Å². The van der Waals surface area contributed by atoms with Gasteiger partial charge in [0.05, 0.1) is 6.10 Å². The number of rotatable bonds is 7. The number of benzene rings is 1. The number of carbonyl (C=O) groups is 1. The molecule has 116 valence electrons. The van der Waals surface area contributed by atoms with Crippen LogP contribution in [-0.2, 0) is 10.5 Å². The minimum atomic E-state index is -0.282. The Hall–Kier alpha value is -1.00. The summed E-state index contributed by atoms with van der Waals surface area (Å²) in [6.07, 6.45) is 4.08. The molecule has 0 radical (unpaired) electrons. The zero-order valence-corrected chi connectivity index (χ0v) is 13.3. The van der Waals surface area contributed by atoms with Crippen LogP contribution >= 0.6 is 11.8 Å². The summed E-state index contributed by atoms with van der Waals surface area (Å²) in [5.74, 6) is 2.24. The molecule has 1 aromatic carbocycles. The fourth-order valence-corrected chi connectivity index (χ4v) is 3.62. The van der Waals surface area contributed by atoms with E-state index in [1.54, 1.807) is 0 Å². The Morgan fingerprint density at radius 1 is 1.29 bits per heavy atom. The van der Waals surface area contributed by atoms with Gasteiger partial charge in [-0.3, -0.25) is 4.79 Å². The highest BCUT2D eigenvalue weighted by Crippen LogP contribution is 2.24. The molecule has 3 nitrogen and oxygen atoms in total. The maximum atomic E-state index is 12.0. The van der Waals surface area contributed by atoms with E-state index in [4.69, 9.17) is 0 Å². The highest BCUT2D eigenvalue weighted by Gasteiger charge is 2.25. The number of aliphatic hydroxyl groups is 1. The van der Waals surface area contributed by atoms with Crippen molar-refractivity contribution >= 4 is 17.7 Å². The van der Waals surface area contributed by atoms with Crippen molar-refractivity contribution in [3.63, 3.8) is 0 Å². The van der Waals surface area contributed by atoms with E-state index in [-0.39, 0.29) is 17.9 Å². The van der Waals surface area contributed by atoms with Gasteiger partial charge in [-0.2, -0.15) is 11.8 Å². The van der Waals surface area contributed by atoms with Gasteiger partial charge in [-0.05, 0) is 37.0 Å². The van der Waals surface area contributed by atoms with Gasteiger partial charge in [0.1, 0.15) is 0 Å². The van der Waals surface area contributed by atoms with E-state index in [0.717, 1.165) is 43.7 Å². The number of nitrogens with one attached hydrogen (secondary N) is 1. The van der Waals surface area contributed by atoms with Crippen molar-refractivity contribution in [2.45, 2.75) is 44.0 Å². The molecule has 21 heavy (non-hydrogen) atoms. The molecule has 1 saturated carbocycles. The lowest BCUT2D eigenvalue weighted by atomic mass is 9.87. The number of thioether (sulfide) groups is 1. The van der Waals surface area contributed by atoms with Crippen LogP contribution in [0.2, 0.25) is 0 Å². The first-order valence-electron chi connectivity index (χ1n) is 7.83. The first-order chi connectivity index (χ1) is 10.3. The van der Waals surface area contributed by atoms with E-state index < -0.39 is 0 Å². The molecule has 4 heteroatoms. The monoisotopic (exact) mass is 307 g/mol. The molecule has 1 aliphatic carbocycles. The van der Waals surface area contributed by atoms with Gasteiger partial charge < -0.3 is 10.4 Å². The van der Waals surface area contributed by atoms with Gasteiger partial charge in [0.2, 0.25) is 5.91 Å². The van der Waals surface area contributed by atoms with Crippen molar-refractivity contribution in [2.24, 2.45) is 5.92 Å². The van der Waals surface area contributed by atoms with Gasteiger partial charge in [0.15, 0.2) is 0 Å². The summed E-state index contributed by atoms with van der Waals surface area (Å²) < 4.78 is 0. The van der Waals surface area contributed by atoms with Crippen molar-refractivity contribution in [2.75, 3.05) is 12.3 Å². The molecule has 0 saturated heterocycles. The summed E-state index contributed by atoms with van der Waals surface area (Å²) in [5.41, 5.74) is 1.35. The Kier molecular flexibility index (Phi) is 7.10. The average Bonchev–Trinajstić information content (AvgIpc) is 2.51. The summed E-state index contributed by atoms with van der Waals surface area (Å²) >= 11 is 1.90. The fraction of sp³-hybridized carbons (Fsp3) is 0.588. The maximum Gasteiger partial charge on any atom is 0.223 e. The molecular weight excluding hydrogens is 282 g/mol. The Morgan fingerprint density at radius 3 is 2.86 bits per heavy atom. The van der Waals surface area contributed by atoms with Gasteiger partial charge in [-0.1, -0.05) is 36.8 Å². The fourth-order valence-electron chi connectivity index (χ4n) is 2.70. The van der Waals surface area contributed by atoms with Crippen molar-refractivity contribution in [1.29, 1.82) is 0 Å². The van der Waals surface area contributed by atoms with Crippen LogP contribution in [0.15, 0.2) is 30.3 Å². The van der Waals surface area contributed by atoms with Crippen LogP contribution in [0.4, 0.5) is 0 Å². The number of hydrogen-bond acceptors (Lipinski definition) is 3. The first-order valence-corrected chi connectivity index (χ1v) is 8.98. The second-order valence-electron chi connectivity index (χ2n) is 5.70. The molecule has 0 aromatic heterocycles. The molecule has 1 fully saturated rings. The summed E-state index contributed by atoms with van der Waals surface area (Å²) in [4.78, 5) is 12.0. The minimum absolute atomic E-state index is 0.0192. The van der Waals surface area contributed by atoms with Gasteiger partial charge in [0, 0.05) is 18.2 Å². The second kappa shape index (κ2) is 9.11. The highest BCUT2D eigenvalue weighted by atomic mass is 32.2. The molecule has 0 unspecified atom stereocenters. The van der Waals surface area contributed by atoms with Crippen LogP contribution in [0, 0.1) is 5.92 Å². The Bertz CT molecular complexity index is 424. The van der Waals surface area contributed by atoms with Crippen LogP contribution < -0.4 is 5.32 Å². The average molecular weight is 307 g/mol. The number of hydrogen-bond donors (Lipinski definition) is 2. The molecule has 1 aromatic rings. The van der Waals surface area contributed by atoms with Crippen molar-refractivity contribution < 1.29 is 9.90 Å². The minimum Gasteiger partial charge on any atom is -0.393 e. The lowest BCUT2D eigenvalue weighted by Gasteiger charge is -2.24. The smallest absolute Gasteiger partial charge is 0.223 e. The normalized spacial score (nSPS) is 22.0. The topological polar surface area (TPSA) is 49.3 Å². The van der Waals surface area contributed by atoms with Gasteiger partial charge >= 0.3 is 0 Å². The van der Waals surface area contributed by atoms with Crippen LogP contribution in [0.1, 0.15) is 37.7 Å². The zero-order valence-electron chi connectivity index (χ0n) is 12.5. The summed E-state index contributed by atoms with van der Waals surface area (Å²) in [5, 5.41) is 12.6.